The van der Waals surface area contributed by atoms with Crippen molar-refractivity contribution in [3.8, 4) is 0 Å². The first-order valence-electron chi connectivity index (χ1n) is 5.99. The van der Waals surface area contributed by atoms with Crippen molar-refractivity contribution in [1.82, 2.24) is 4.90 Å². The first-order valence-corrected chi connectivity index (χ1v) is 6.78. The molecule has 4 heteroatoms. The Morgan fingerprint density at radius 3 is 2.59 bits per heavy atom. The highest BCUT2D eigenvalue weighted by molar-refractivity contribution is 9.10. The molecule has 94 valence electrons. The molecule has 1 saturated heterocycles. The third-order valence-corrected chi connectivity index (χ3v) is 3.84. The fourth-order valence-corrected chi connectivity index (χ4v) is 2.36. The zero-order valence-corrected chi connectivity index (χ0v) is 11.7. The highest BCUT2D eigenvalue weighted by Crippen LogP contribution is 2.18. The van der Waals surface area contributed by atoms with Crippen molar-refractivity contribution in [2.45, 2.75) is 0 Å². The van der Waals surface area contributed by atoms with Crippen molar-refractivity contribution in [3.63, 3.8) is 0 Å². The van der Waals surface area contributed by atoms with Crippen LogP contribution in [0.2, 0.25) is 0 Å². The number of likely N-dealkylation sites (N-methyl/N-ethyl adjacent to an activating group) is 1. The summed E-state index contributed by atoms with van der Waals surface area (Å²) < 4.78 is 1.11. The Morgan fingerprint density at radius 1 is 1.35 bits per heavy atom. The Balaban J connectivity index is 1.74. The van der Waals surface area contributed by atoms with E-state index in [9.17, 15) is 0 Å². The molecule has 2 rings (SSSR count). The molecule has 1 aromatic carbocycles. The van der Waals surface area contributed by atoms with Crippen LogP contribution in [-0.4, -0.2) is 49.8 Å². The van der Waals surface area contributed by atoms with E-state index in [-0.39, 0.29) is 0 Å². The van der Waals surface area contributed by atoms with Gasteiger partial charge in [0.15, 0.2) is 0 Å². The van der Waals surface area contributed by atoms with Crippen molar-refractivity contribution in [2.24, 2.45) is 5.92 Å². The van der Waals surface area contributed by atoms with Gasteiger partial charge in [-0.05, 0) is 24.3 Å². The van der Waals surface area contributed by atoms with Gasteiger partial charge in [-0.15, -0.1) is 0 Å². The average Bonchev–Trinajstić information content (AvgIpc) is 2.28. The molecule has 17 heavy (non-hydrogen) atoms. The number of hydrogen-bond acceptors (Lipinski definition) is 3. The smallest absolute Gasteiger partial charge is 0.0483 e. The van der Waals surface area contributed by atoms with Crippen LogP contribution in [0.1, 0.15) is 0 Å². The lowest BCUT2D eigenvalue weighted by Crippen LogP contribution is -2.50. The Bertz CT molecular complexity index is 349. The summed E-state index contributed by atoms with van der Waals surface area (Å²) in [6, 6.07) is 8.38. The largest absolute Gasteiger partial charge is 0.396 e. The number of nitrogens with zero attached hydrogens (tertiary/aromatic N) is 2. The Kier molecular flexibility index (Phi) is 4.42. The summed E-state index contributed by atoms with van der Waals surface area (Å²) in [5.41, 5.74) is 1.24. The van der Waals surface area contributed by atoms with Crippen LogP contribution < -0.4 is 4.90 Å². The maximum atomic E-state index is 8.94. The molecule has 0 saturated carbocycles. The van der Waals surface area contributed by atoms with Crippen LogP contribution in [-0.2, 0) is 0 Å². The molecule has 1 N–H and O–H groups in total. The lowest BCUT2D eigenvalue weighted by molar-refractivity contribution is 0.0565. The van der Waals surface area contributed by atoms with Gasteiger partial charge in [0.05, 0.1) is 0 Å². The van der Waals surface area contributed by atoms with Gasteiger partial charge in [0.25, 0.3) is 0 Å². The van der Waals surface area contributed by atoms with Crippen molar-refractivity contribution in [1.29, 1.82) is 0 Å². The molecule has 3 nitrogen and oxygen atoms in total. The maximum Gasteiger partial charge on any atom is 0.0483 e. The summed E-state index contributed by atoms with van der Waals surface area (Å²) in [7, 11) is 2.12. The highest BCUT2D eigenvalue weighted by Gasteiger charge is 2.25. The van der Waals surface area contributed by atoms with Crippen molar-refractivity contribution in [2.75, 3.05) is 44.7 Å². The number of aliphatic hydroxyl groups excluding tert-OH is 1. The molecule has 0 spiro atoms. The quantitative estimate of drug-likeness (QED) is 0.898. The first kappa shape index (κ1) is 12.9. The molecular weight excluding hydrogens is 280 g/mol. The number of aliphatic hydroxyl groups is 1. The SMILES string of the molecule is CN(CCN1CC(CO)C1)c1ccc(Br)cc1. The molecule has 1 heterocycles. The summed E-state index contributed by atoms with van der Waals surface area (Å²) in [5.74, 6) is 0.507. The molecule has 1 aromatic rings. The summed E-state index contributed by atoms with van der Waals surface area (Å²) in [4.78, 5) is 4.65. The fraction of sp³-hybridized carbons (Fsp3) is 0.538. The lowest BCUT2D eigenvalue weighted by Gasteiger charge is -2.39. The van der Waals surface area contributed by atoms with Crippen molar-refractivity contribution < 1.29 is 5.11 Å². The van der Waals surface area contributed by atoms with Gasteiger partial charge in [-0.2, -0.15) is 0 Å². The highest BCUT2D eigenvalue weighted by atomic mass is 79.9. The molecule has 0 atom stereocenters. The van der Waals surface area contributed by atoms with Gasteiger partial charge in [-0.1, -0.05) is 15.9 Å². The number of benzene rings is 1. The predicted molar refractivity (Wildman–Crippen MR) is 74.4 cm³/mol. The van der Waals surface area contributed by atoms with E-state index in [1.807, 2.05) is 0 Å². The van der Waals surface area contributed by atoms with Gasteiger partial charge >= 0.3 is 0 Å². The van der Waals surface area contributed by atoms with Crippen LogP contribution in [0.3, 0.4) is 0 Å². The van der Waals surface area contributed by atoms with Crippen molar-refractivity contribution in [3.05, 3.63) is 28.7 Å². The summed E-state index contributed by atoms with van der Waals surface area (Å²) in [5, 5.41) is 8.94. The van der Waals surface area contributed by atoms with E-state index in [0.717, 1.165) is 30.7 Å². The molecule has 0 amide bonds. The minimum atomic E-state index is 0.332. The van der Waals surface area contributed by atoms with Crippen LogP contribution in [0, 0.1) is 5.92 Å². The number of hydrogen-bond donors (Lipinski definition) is 1. The number of likely N-dealkylation sites (tertiary alicyclic amines) is 1. The minimum absolute atomic E-state index is 0.332. The molecule has 1 fully saturated rings. The summed E-state index contributed by atoms with van der Waals surface area (Å²) in [6.07, 6.45) is 0. The van der Waals surface area contributed by atoms with Crippen molar-refractivity contribution >= 4 is 21.6 Å². The number of rotatable bonds is 5. The van der Waals surface area contributed by atoms with Gasteiger partial charge in [0.2, 0.25) is 0 Å². The van der Waals surface area contributed by atoms with Gasteiger partial charge in [0.1, 0.15) is 0 Å². The third-order valence-electron chi connectivity index (χ3n) is 3.31. The second-order valence-electron chi connectivity index (χ2n) is 4.71. The van der Waals surface area contributed by atoms with E-state index in [4.69, 9.17) is 5.11 Å². The molecule has 1 aliphatic rings. The predicted octanol–water partition coefficient (Wildman–Crippen LogP) is 1.81. The Hall–Kier alpha value is -0.580. The molecule has 0 aromatic heterocycles. The van der Waals surface area contributed by atoms with E-state index in [2.05, 4.69) is 57.0 Å². The Morgan fingerprint density at radius 2 is 2.00 bits per heavy atom. The fourth-order valence-electron chi connectivity index (χ4n) is 2.09. The standard InChI is InChI=1S/C13H19BrN2O/c1-15(13-4-2-12(14)3-5-13)6-7-16-8-11(9-16)10-17/h2-5,11,17H,6-10H2,1H3. The molecular formula is C13H19BrN2O. The molecule has 1 aliphatic heterocycles. The van der Waals surface area contributed by atoms with Gasteiger partial charge in [0, 0.05) is 55.9 Å². The van der Waals surface area contributed by atoms with E-state index >= 15 is 0 Å². The zero-order chi connectivity index (χ0) is 12.3. The van der Waals surface area contributed by atoms with E-state index in [1.165, 1.54) is 5.69 Å². The Labute approximate surface area is 111 Å². The van der Waals surface area contributed by atoms with E-state index in [1.54, 1.807) is 0 Å². The molecule has 0 unspecified atom stereocenters. The maximum absolute atomic E-state index is 8.94. The summed E-state index contributed by atoms with van der Waals surface area (Å²) in [6.45, 7) is 4.53. The molecule has 0 bridgehead atoms. The van der Waals surface area contributed by atoms with Crippen LogP contribution in [0.5, 0.6) is 0 Å². The van der Waals surface area contributed by atoms with E-state index < -0.39 is 0 Å². The molecule has 0 aliphatic carbocycles. The monoisotopic (exact) mass is 298 g/mol. The van der Waals surface area contributed by atoms with Gasteiger partial charge < -0.3 is 14.9 Å². The van der Waals surface area contributed by atoms with Crippen LogP contribution in [0.15, 0.2) is 28.7 Å². The lowest BCUT2D eigenvalue weighted by atomic mass is 10.0. The third kappa shape index (κ3) is 3.44. The number of halogens is 1. The van der Waals surface area contributed by atoms with Crippen LogP contribution in [0.25, 0.3) is 0 Å². The molecule has 0 radical (unpaired) electrons. The van der Waals surface area contributed by atoms with Crippen LogP contribution in [0.4, 0.5) is 5.69 Å². The second kappa shape index (κ2) is 5.85. The minimum Gasteiger partial charge on any atom is -0.396 e. The van der Waals surface area contributed by atoms with Crippen LogP contribution >= 0.6 is 15.9 Å². The average molecular weight is 299 g/mol. The second-order valence-corrected chi connectivity index (χ2v) is 5.62. The van der Waals surface area contributed by atoms with Gasteiger partial charge in [-0.25, -0.2) is 0 Å². The van der Waals surface area contributed by atoms with E-state index in [0.29, 0.717) is 12.5 Å². The number of anilines is 1. The topological polar surface area (TPSA) is 26.7 Å². The van der Waals surface area contributed by atoms with Gasteiger partial charge in [-0.3, -0.25) is 0 Å². The normalized spacial score (nSPS) is 16.9. The first-order chi connectivity index (χ1) is 8.19. The summed E-state index contributed by atoms with van der Waals surface area (Å²) >= 11 is 3.44. The zero-order valence-electron chi connectivity index (χ0n) is 10.1.